The van der Waals surface area contributed by atoms with Crippen LogP contribution < -0.4 is 5.32 Å². The number of aromatic nitrogens is 2. The van der Waals surface area contributed by atoms with Gasteiger partial charge in [-0.05, 0) is 26.0 Å². The third-order valence-corrected chi connectivity index (χ3v) is 2.15. The first-order chi connectivity index (χ1) is 7.79. The zero-order chi connectivity index (χ0) is 11.4. The molecule has 5 nitrogen and oxygen atoms in total. The van der Waals surface area contributed by atoms with Crippen LogP contribution in [0.2, 0.25) is 0 Å². The molecule has 0 amide bonds. The summed E-state index contributed by atoms with van der Waals surface area (Å²) in [6.45, 7) is 5.55. The van der Waals surface area contributed by atoms with E-state index in [4.69, 9.17) is 8.83 Å². The fourth-order valence-corrected chi connectivity index (χ4v) is 1.37. The largest absolute Gasteiger partial charge is 0.469 e. The molecule has 0 fully saturated rings. The maximum absolute atomic E-state index is 5.48. The highest BCUT2D eigenvalue weighted by Gasteiger charge is 2.09. The van der Waals surface area contributed by atoms with Gasteiger partial charge in [-0.2, -0.15) is 0 Å². The molecule has 2 rings (SSSR count). The van der Waals surface area contributed by atoms with Crippen LogP contribution in [0.4, 0.5) is 0 Å². The van der Waals surface area contributed by atoms with E-state index in [1.807, 2.05) is 13.0 Å². The van der Waals surface area contributed by atoms with Crippen LogP contribution >= 0.6 is 0 Å². The number of nitrogens with zero attached hydrogens (tertiary/aromatic N) is 2. The Balaban J connectivity index is 2.02. The summed E-state index contributed by atoms with van der Waals surface area (Å²) in [5.74, 6) is 1.94. The van der Waals surface area contributed by atoms with Crippen molar-refractivity contribution >= 4 is 0 Å². The molecule has 0 aliphatic carbocycles. The average molecular weight is 221 g/mol. The van der Waals surface area contributed by atoms with Crippen molar-refractivity contribution in [2.45, 2.75) is 26.8 Å². The van der Waals surface area contributed by atoms with E-state index in [0.29, 0.717) is 18.3 Å². The maximum Gasteiger partial charge on any atom is 0.251 e. The molecule has 0 aliphatic heterocycles. The van der Waals surface area contributed by atoms with Gasteiger partial charge in [-0.15, -0.1) is 10.2 Å². The zero-order valence-electron chi connectivity index (χ0n) is 9.49. The van der Waals surface area contributed by atoms with Crippen molar-refractivity contribution in [3.05, 3.63) is 24.0 Å². The first-order valence-electron chi connectivity index (χ1n) is 5.38. The number of furan rings is 1. The molecule has 86 valence electrons. The molecular formula is C11H15N3O2. The molecule has 0 spiro atoms. The predicted octanol–water partition coefficient (Wildman–Crippen LogP) is 2.14. The summed E-state index contributed by atoms with van der Waals surface area (Å²) >= 11 is 0. The summed E-state index contributed by atoms with van der Waals surface area (Å²) < 4.78 is 10.7. The second kappa shape index (κ2) is 4.94. The predicted molar refractivity (Wildman–Crippen MR) is 58.7 cm³/mol. The minimum absolute atomic E-state index is 0.505. The fourth-order valence-electron chi connectivity index (χ4n) is 1.37. The molecule has 2 aromatic heterocycles. The first-order valence-corrected chi connectivity index (χ1v) is 5.38. The Kier molecular flexibility index (Phi) is 3.36. The quantitative estimate of drug-likeness (QED) is 0.783. The summed E-state index contributed by atoms with van der Waals surface area (Å²) in [4.78, 5) is 0. The van der Waals surface area contributed by atoms with Crippen LogP contribution in [-0.2, 0) is 6.54 Å². The smallest absolute Gasteiger partial charge is 0.251 e. The molecule has 0 aliphatic rings. The van der Waals surface area contributed by atoms with Crippen molar-refractivity contribution in [2.24, 2.45) is 0 Å². The van der Waals surface area contributed by atoms with Crippen LogP contribution in [-0.4, -0.2) is 16.7 Å². The average Bonchev–Trinajstić information content (AvgIpc) is 2.87. The molecule has 2 aromatic rings. The van der Waals surface area contributed by atoms with E-state index in [1.165, 1.54) is 0 Å². The van der Waals surface area contributed by atoms with Gasteiger partial charge < -0.3 is 14.2 Å². The van der Waals surface area contributed by atoms with Crippen molar-refractivity contribution < 1.29 is 8.83 Å². The van der Waals surface area contributed by atoms with Crippen molar-refractivity contribution in [1.29, 1.82) is 0 Å². The Hall–Kier alpha value is -1.62. The number of rotatable bonds is 5. The van der Waals surface area contributed by atoms with Gasteiger partial charge in [0.25, 0.3) is 5.89 Å². The minimum atomic E-state index is 0.505. The third-order valence-electron chi connectivity index (χ3n) is 2.15. The van der Waals surface area contributed by atoms with Gasteiger partial charge in [0, 0.05) is 0 Å². The van der Waals surface area contributed by atoms with Gasteiger partial charge in [0.1, 0.15) is 12.0 Å². The fraction of sp³-hybridized carbons (Fsp3) is 0.455. The number of hydrogen-bond acceptors (Lipinski definition) is 5. The summed E-state index contributed by atoms with van der Waals surface area (Å²) in [6.07, 6.45) is 2.70. The van der Waals surface area contributed by atoms with Crippen LogP contribution in [0.25, 0.3) is 11.5 Å². The Morgan fingerprint density at radius 1 is 1.38 bits per heavy atom. The minimum Gasteiger partial charge on any atom is -0.469 e. The summed E-state index contributed by atoms with van der Waals surface area (Å²) in [5, 5.41) is 11.1. The van der Waals surface area contributed by atoms with E-state index in [1.54, 1.807) is 6.26 Å². The van der Waals surface area contributed by atoms with Gasteiger partial charge in [-0.3, -0.25) is 0 Å². The lowest BCUT2D eigenvalue weighted by molar-refractivity contribution is 0.476. The van der Waals surface area contributed by atoms with E-state index in [2.05, 4.69) is 22.4 Å². The Labute approximate surface area is 93.9 Å². The van der Waals surface area contributed by atoms with Crippen LogP contribution in [0.1, 0.15) is 25.0 Å². The molecule has 0 saturated heterocycles. The highest BCUT2D eigenvalue weighted by molar-refractivity contribution is 5.50. The molecule has 16 heavy (non-hydrogen) atoms. The van der Waals surface area contributed by atoms with E-state index in [0.717, 1.165) is 24.3 Å². The number of aryl methyl sites for hydroxylation is 1. The van der Waals surface area contributed by atoms with E-state index >= 15 is 0 Å². The van der Waals surface area contributed by atoms with Crippen LogP contribution in [0.3, 0.4) is 0 Å². The lowest BCUT2D eigenvalue weighted by atomic mass is 10.3. The topological polar surface area (TPSA) is 64.1 Å². The van der Waals surface area contributed by atoms with E-state index in [-0.39, 0.29) is 0 Å². The van der Waals surface area contributed by atoms with Crippen molar-refractivity contribution in [3.8, 4) is 11.5 Å². The van der Waals surface area contributed by atoms with E-state index < -0.39 is 0 Å². The molecular weight excluding hydrogens is 206 g/mol. The molecule has 0 unspecified atom stereocenters. The summed E-state index contributed by atoms with van der Waals surface area (Å²) in [6, 6.07) is 1.87. The number of nitrogens with one attached hydrogen (secondary N) is 1. The van der Waals surface area contributed by atoms with Crippen LogP contribution in [0, 0.1) is 6.92 Å². The molecule has 5 heteroatoms. The van der Waals surface area contributed by atoms with Gasteiger partial charge in [0.2, 0.25) is 5.89 Å². The molecule has 0 saturated carbocycles. The highest BCUT2D eigenvalue weighted by atomic mass is 16.4. The first kappa shape index (κ1) is 10.9. The highest BCUT2D eigenvalue weighted by Crippen LogP contribution is 2.20. The molecule has 2 heterocycles. The van der Waals surface area contributed by atoms with E-state index in [9.17, 15) is 0 Å². The SMILES string of the molecule is CCCNCc1nnc(-c2coc(C)c2)o1. The Bertz CT molecular complexity index is 448. The van der Waals surface area contributed by atoms with Gasteiger partial charge >= 0.3 is 0 Å². The van der Waals surface area contributed by atoms with Crippen LogP contribution in [0.15, 0.2) is 21.2 Å². The molecule has 0 atom stereocenters. The maximum atomic E-state index is 5.48. The molecule has 1 N–H and O–H groups in total. The summed E-state index contributed by atoms with van der Waals surface area (Å²) in [5.41, 5.74) is 0.826. The van der Waals surface area contributed by atoms with Crippen LogP contribution in [0.5, 0.6) is 0 Å². The second-order valence-electron chi connectivity index (χ2n) is 3.62. The Morgan fingerprint density at radius 2 is 2.25 bits per heavy atom. The van der Waals surface area contributed by atoms with Gasteiger partial charge in [0.15, 0.2) is 0 Å². The van der Waals surface area contributed by atoms with Crippen molar-refractivity contribution in [2.75, 3.05) is 6.54 Å². The molecule has 0 aromatic carbocycles. The monoisotopic (exact) mass is 221 g/mol. The summed E-state index contributed by atoms with van der Waals surface area (Å²) in [7, 11) is 0. The Morgan fingerprint density at radius 3 is 2.94 bits per heavy atom. The van der Waals surface area contributed by atoms with Crippen molar-refractivity contribution in [1.82, 2.24) is 15.5 Å². The van der Waals surface area contributed by atoms with Gasteiger partial charge in [-0.25, -0.2) is 0 Å². The van der Waals surface area contributed by atoms with Crippen molar-refractivity contribution in [3.63, 3.8) is 0 Å². The second-order valence-corrected chi connectivity index (χ2v) is 3.62. The normalized spacial score (nSPS) is 10.9. The standard InChI is InChI=1S/C11H15N3O2/c1-3-4-12-6-10-13-14-11(16-10)9-5-8(2)15-7-9/h5,7,12H,3-4,6H2,1-2H3. The molecule has 0 radical (unpaired) electrons. The lowest BCUT2D eigenvalue weighted by Crippen LogP contribution is -2.13. The van der Waals surface area contributed by atoms with Gasteiger partial charge in [0.05, 0.1) is 12.1 Å². The number of hydrogen-bond donors (Lipinski definition) is 1. The molecule has 0 bridgehead atoms. The zero-order valence-corrected chi connectivity index (χ0v) is 9.49. The lowest BCUT2D eigenvalue weighted by Gasteiger charge is -1.96. The van der Waals surface area contributed by atoms with Gasteiger partial charge in [-0.1, -0.05) is 6.92 Å². The third kappa shape index (κ3) is 2.49.